The van der Waals surface area contributed by atoms with E-state index in [9.17, 15) is 9.59 Å². The minimum atomic E-state index is -0.840. The molecule has 6 heteroatoms. The van der Waals surface area contributed by atoms with Gasteiger partial charge in [0.2, 0.25) is 0 Å². The van der Waals surface area contributed by atoms with Gasteiger partial charge in [-0.3, -0.25) is 4.79 Å². The summed E-state index contributed by atoms with van der Waals surface area (Å²) >= 11 is 0. The number of likely N-dealkylation sites (tertiary alicyclic amines) is 1. The van der Waals surface area contributed by atoms with Crippen LogP contribution in [0.4, 0.5) is 0 Å². The van der Waals surface area contributed by atoms with Gasteiger partial charge in [-0.2, -0.15) is 5.26 Å². The molecule has 1 amide bonds. The predicted molar refractivity (Wildman–Crippen MR) is 91.8 cm³/mol. The summed E-state index contributed by atoms with van der Waals surface area (Å²) in [5, 5.41) is 8.77. The third-order valence-electron chi connectivity index (χ3n) is 4.19. The highest BCUT2D eigenvalue weighted by Crippen LogP contribution is 2.15. The predicted octanol–water partition coefficient (Wildman–Crippen LogP) is 2.66. The molecular formula is C19H24N2O4. The first kappa shape index (κ1) is 18.8. The third kappa shape index (κ3) is 5.49. The van der Waals surface area contributed by atoms with Crippen molar-refractivity contribution in [3.63, 3.8) is 0 Å². The Balaban J connectivity index is 1.86. The molecule has 1 aliphatic rings. The molecule has 0 unspecified atom stereocenters. The Morgan fingerprint density at radius 3 is 2.20 bits per heavy atom. The lowest BCUT2D eigenvalue weighted by atomic mass is 10.2. The van der Waals surface area contributed by atoms with Crippen molar-refractivity contribution < 1.29 is 19.1 Å². The zero-order valence-electron chi connectivity index (χ0n) is 14.7. The largest absolute Gasteiger partial charge is 0.479 e. The van der Waals surface area contributed by atoms with Gasteiger partial charge in [-0.25, -0.2) is 4.79 Å². The molecular weight excluding hydrogens is 320 g/mol. The molecule has 1 aliphatic heterocycles. The number of hydrogen-bond acceptors (Lipinski definition) is 5. The maximum Gasteiger partial charge on any atom is 0.347 e. The Hall–Kier alpha value is -2.55. The molecule has 6 nitrogen and oxygen atoms in total. The Morgan fingerprint density at radius 1 is 1.04 bits per heavy atom. The van der Waals surface area contributed by atoms with E-state index in [1.165, 1.54) is 0 Å². The molecule has 2 atom stereocenters. The molecule has 1 fully saturated rings. The molecule has 2 rings (SSSR count). The zero-order chi connectivity index (χ0) is 18.2. The fourth-order valence-electron chi connectivity index (χ4n) is 2.73. The molecule has 134 valence electrons. The van der Waals surface area contributed by atoms with Crippen molar-refractivity contribution in [3.05, 3.63) is 29.8 Å². The monoisotopic (exact) mass is 344 g/mol. The zero-order valence-corrected chi connectivity index (χ0v) is 14.7. The number of ether oxygens (including phenoxy) is 2. The van der Waals surface area contributed by atoms with Crippen LogP contribution >= 0.6 is 0 Å². The SMILES string of the molecule is C[C@H](OC(=O)[C@@H](C)Oc1ccc(C#N)cc1)C(=O)N1CCCCCC1. The van der Waals surface area contributed by atoms with Crippen molar-refractivity contribution in [3.8, 4) is 11.8 Å². The van der Waals surface area contributed by atoms with Crippen LogP contribution in [0.3, 0.4) is 0 Å². The topological polar surface area (TPSA) is 79.6 Å². The summed E-state index contributed by atoms with van der Waals surface area (Å²) in [4.78, 5) is 26.4. The molecule has 25 heavy (non-hydrogen) atoms. The summed E-state index contributed by atoms with van der Waals surface area (Å²) in [6.45, 7) is 4.61. The van der Waals surface area contributed by atoms with Crippen LogP contribution in [0.2, 0.25) is 0 Å². The van der Waals surface area contributed by atoms with Crippen molar-refractivity contribution in [1.82, 2.24) is 4.90 Å². The average Bonchev–Trinajstić information content (AvgIpc) is 2.90. The van der Waals surface area contributed by atoms with E-state index >= 15 is 0 Å². The van der Waals surface area contributed by atoms with Crippen LogP contribution in [0.5, 0.6) is 5.75 Å². The van der Waals surface area contributed by atoms with Crippen LogP contribution in [0.15, 0.2) is 24.3 Å². The van der Waals surface area contributed by atoms with Crippen molar-refractivity contribution in [1.29, 1.82) is 5.26 Å². The first-order valence-electron chi connectivity index (χ1n) is 8.67. The lowest BCUT2D eigenvalue weighted by molar-refractivity contribution is -0.164. The molecule has 0 radical (unpaired) electrons. The summed E-state index contributed by atoms with van der Waals surface area (Å²) in [5.41, 5.74) is 0.513. The molecule has 0 aromatic heterocycles. The van der Waals surface area contributed by atoms with Crippen LogP contribution in [0.25, 0.3) is 0 Å². The molecule has 0 saturated carbocycles. The Bertz CT molecular complexity index is 628. The summed E-state index contributed by atoms with van der Waals surface area (Å²) in [6.07, 6.45) is 2.58. The van der Waals surface area contributed by atoms with Gasteiger partial charge >= 0.3 is 5.97 Å². The van der Waals surface area contributed by atoms with E-state index in [4.69, 9.17) is 14.7 Å². The second-order valence-electron chi connectivity index (χ2n) is 6.21. The number of amides is 1. The van der Waals surface area contributed by atoms with E-state index < -0.39 is 18.2 Å². The molecule has 0 bridgehead atoms. The lowest BCUT2D eigenvalue weighted by Gasteiger charge is -2.24. The number of hydrogen-bond donors (Lipinski definition) is 0. The number of carbonyl (C=O) groups is 2. The van der Waals surface area contributed by atoms with Crippen molar-refractivity contribution >= 4 is 11.9 Å². The molecule has 1 aromatic rings. The van der Waals surface area contributed by atoms with Crippen molar-refractivity contribution in [2.24, 2.45) is 0 Å². The fraction of sp³-hybridized carbons (Fsp3) is 0.526. The Labute approximate surface area is 148 Å². The fourth-order valence-corrected chi connectivity index (χ4v) is 2.73. The van der Waals surface area contributed by atoms with Gasteiger partial charge in [0.15, 0.2) is 12.2 Å². The summed E-state index contributed by atoms with van der Waals surface area (Å²) in [6, 6.07) is 8.47. The van der Waals surface area contributed by atoms with Gasteiger partial charge in [-0.05, 0) is 51.0 Å². The van der Waals surface area contributed by atoms with Gasteiger partial charge in [-0.15, -0.1) is 0 Å². The number of nitriles is 1. The summed E-state index contributed by atoms with van der Waals surface area (Å²) < 4.78 is 10.8. The van der Waals surface area contributed by atoms with Crippen molar-refractivity contribution in [2.45, 2.75) is 51.7 Å². The standard InChI is InChI=1S/C19H24N2O4/c1-14(18(22)21-11-5-3-4-6-12-21)25-19(23)15(2)24-17-9-7-16(13-20)8-10-17/h7-10,14-15H,3-6,11-12H2,1-2H3/t14-,15+/m0/s1. The molecule has 1 aromatic carbocycles. The summed E-state index contributed by atoms with van der Waals surface area (Å²) in [5.74, 6) is -0.268. The maximum absolute atomic E-state index is 12.4. The first-order chi connectivity index (χ1) is 12.0. The first-order valence-corrected chi connectivity index (χ1v) is 8.67. The second-order valence-corrected chi connectivity index (χ2v) is 6.21. The van der Waals surface area contributed by atoms with E-state index in [0.29, 0.717) is 11.3 Å². The lowest BCUT2D eigenvalue weighted by Crippen LogP contribution is -2.42. The van der Waals surface area contributed by atoms with Crippen LogP contribution in [-0.2, 0) is 14.3 Å². The second kappa shape index (κ2) is 9.07. The van der Waals surface area contributed by atoms with E-state index in [-0.39, 0.29) is 5.91 Å². The van der Waals surface area contributed by atoms with E-state index in [0.717, 1.165) is 38.8 Å². The summed E-state index contributed by atoms with van der Waals surface area (Å²) in [7, 11) is 0. The average molecular weight is 344 g/mol. The molecule has 1 saturated heterocycles. The van der Waals surface area contributed by atoms with E-state index in [2.05, 4.69) is 0 Å². The van der Waals surface area contributed by atoms with Gasteiger partial charge < -0.3 is 14.4 Å². The van der Waals surface area contributed by atoms with Gasteiger partial charge in [-0.1, -0.05) is 12.8 Å². The van der Waals surface area contributed by atoms with Gasteiger partial charge in [0.25, 0.3) is 5.91 Å². The Kier molecular flexibility index (Phi) is 6.81. The number of benzene rings is 1. The molecule has 0 aliphatic carbocycles. The maximum atomic E-state index is 12.4. The van der Waals surface area contributed by atoms with Gasteiger partial charge in [0, 0.05) is 13.1 Å². The van der Waals surface area contributed by atoms with Gasteiger partial charge in [0.05, 0.1) is 11.6 Å². The van der Waals surface area contributed by atoms with E-state index in [1.807, 2.05) is 6.07 Å². The molecule has 0 spiro atoms. The number of esters is 1. The third-order valence-corrected chi connectivity index (χ3v) is 4.19. The minimum Gasteiger partial charge on any atom is -0.479 e. The normalized spacial score (nSPS) is 16.9. The van der Waals surface area contributed by atoms with E-state index in [1.54, 1.807) is 43.0 Å². The highest BCUT2D eigenvalue weighted by Gasteiger charge is 2.27. The van der Waals surface area contributed by atoms with Crippen LogP contribution in [-0.4, -0.2) is 42.1 Å². The Morgan fingerprint density at radius 2 is 1.64 bits per heavy atom. The molecule has 1 heterocycles. The quantitative estimate of drug-likeness (QED) is 0.767. The van der Waals surface area contributed by atoms with Crippen LogP contribution < -0.4 is 4.74 Å². The van der Waals surface area contributed by atoms with Crippen molar-refractivity contribution in [2.75, 3.05) is 13.1 Å². The van der Waals surface area contributed by atoms with Gasteiger partial charge in [0.1, 0.15) is 5.75 Å². The highest BCUT2D eigenvalue weighted by molar-refractivity contribution is 5.84. The number of nitrogens with zero attached hydrogens (tertiary/aromatic N) is 2. The van der Waals surface area contributed by atoms with Crippen LogP contribution in [0.1, 0.15) is 45.1 Å². The smallest absolute Gasteiger partial charge is 0.347 e. The highest BCUT2D eigenvalue weighted by atomic mass is 16.6. The number of rotatable bonds is 5. The molecule has 0 N–H and O–H groups in total. The van der Waals surface area contributed by atoms with Crippen LogP contribution in [0, 0.1) is 11.3 Å². The minimum absolute atomic E-state index is 0.152. The number of carbonyl (C=O) groups excluding carboxylic acids is 2.